The monoisotopic (exact) mass is 420 g/mol. The van der Waals surface area contributed by atoms with Gasteiger partial charge in [0.25, 0.3) is 5.91 Å². The Hall–Kier alpha value is -1.44. The van der Waals surface area contributed by atoms with Crippen molar-refractivity contribution in [3.63, 3.8) is 0 Å². The average molecular weight is 421 g/mol. The summed E-state index contributed by atoms with van der Waals surface area (Å²) in [5.41, 5.74) is 1.51. The molecule has 1 atom stereocenters. The molecule has 4 rings (SSSR count). The molecule has 0 aromatic heterocycles. The van der Waals surface area contributed by atoms with Crippen LogP contribution < -0.4 is 0 Å². The van der Waals surface area contributed by atoms with Crippen molar-refractivity contribution in [3.05, 3.63) is 35.4 Å². The molecule has 1 unspecified atom stereocenters. The minimum Gasteiger partial charge on any atom is -0.375 e. The minimum atomic E-state index is -3.20. The molecule has 1 aromatic rings. The third-order valence-electron chi connectivity index (χ3n) is 6.65. The van der Waals surface area contributed by atoms with Crippen molar-refractivity contribution >= 4 is 15.9 Å². The molecule has 0 bridgehead atoms. The quantitative estimate of drug-likeness (QED) is 0.735. The van der Waals surface area contributed by atoms with Crippen molar-refractivity contribution in [2.75, 3.05) is 25.4 Å². The zero-order valence-corrected chi connectivity index (χ0v) is 18.3. The lowest BCUT2D eigenvalue weighted by molar-refractivity contribution is -0.123. The number of hydrogen-bond acceptors (Lipinski definition) is 4. The summed E-state index contributed by atoms with van der Waals surface area (Å²) in [7, 11) is -3.20. The third-order valence-corrected chi connectivity index (χ3v) is 8.61. The predicted molar refractivity (Wildman–Crippen MR) is 112 cm³/mol. The first kappa shape index (κ1) is 20.8. The van der Waals surface area contributed by atoms with Crippen molar-refractivity contribution in [2.45, 2.75) is 70.1 Å². The Balaban J connectivity index is 1.43. The van der Waals surface area contributed by atoms with Gasteiger partial charge in [0.15, 0.2) is 0 Å². The zero-order chi connectivity index (χ0) is 20.6. The van der Waals surface area contributed by atoms with Crippen molar-refractivity contribution in [2.24, 2.45) is 0 Å². The van der Waals surface area contributed by atoms with Gasteiger partial charge in [0.2, 0.25) is 10.0 Å². The van der Waals surface area contributed by atoms with Gasteiger partial charge in [-0.05, 0) is 64.5 Å². The van der Waals surface area contributed by atoms with E-state index in [1.165, 1.54) is 0 Å². The van der Waals surface area contributed by atoms with Gasteiger partial charge in [-0.25, -0.2) is 8.42 Å². The Bertz CT molecular complexity index is 857. The predicted octanol–water partition coefficient (Wildman–Crippen LogP) is 2.96. The number of aryl methyl sites for hydroxylation is 1. The highest BCUT2D eigenvalue weighted by Gasteiger charge is 2.48. The Labute approximate surface area is 174 Å². The lowest BCUT2D eigenvalue weighted by Crippen LogP contribution is -2.56. The van der Waals surface area contributed by atoms with Crippen LogP contribution in [0.1, 0.15) is 61.4 Å². The number of hydrogen-bond donors (Lipinski definition) is 0. The second kappa shape index (κ2) is 8.00. The molecule has 2 aliphatic heterocycles. The summed E-state index contributed by atoms with van der Waals surface area (Å²) in [6, 6.07) is 7.93. The van der Waals surface area contributed by atoms with E-state index in [2.05, 4.69) is 0 Å². The van der Waals surface area contributed by atoms with Crippen LogP contribution in [0.5, 0.6) is 0 Å². The van der Waals surface area contributed by atoms with Gasteiger partial charge >= 0.3 is 0 Å². The van der Waals surface area contributed by atoms with Crippen LogP contribution in [0.15, 0.2) is 24.3 Å². The van der Waals surface area contributed by atoms with Crippen molar-refractivity contribution in [3.8, 4) is 0 Å². The summed E-state index contributed by atoms with van der Waals surface area (Å²) >= 11 is 0. The SMILES string of the molecule is CCS(=O)(=O)N(C1CC1)C1CCOC2(CCN(C(=O)c3cccc(C)c3)CC2)C1. The Morgan fingerprint density at radius 3 is 2.55 bits per heavy atom. The molecule has 6 nitrogen and oxygen atoms in total. The standard InChI is InChI=1S/C22H32N2O4S/c1-3-29(26,27)24(19-7-8-19)20-9-14-28-22(16-20)10-12-23(13-11-22)21(25)18-6-4-5-17(2)15-18/h4-6,15,19-20H,3,7-14,16H2,1-2H3. The Morgan fingerprint density at radius 1 is 1.21 bits per heavy atom. The number of rotatable bonds is 5. The van der Waals surface area contributed by atoms with Crippen LogP contribution in [0.25, 0.3) is 0 Å². The molecule has 0 radical (unpaired) electrons. The molecular formula is C22H32N2O4S. The van der Waals surface area contributed by atoms with E-state index in [-0.39, 0.29) is 29.3 Å². The van der Waals surface area contributed by atoms with E-state index < -0.39 is 10.0 Å². The van der Waals surface area contributed by atoms with Crippen LogP contribution >= 0.6 is 0 Å². The molecule has 160 valence electrons. The molecule has 1 spiro atoms. The highest BCUT2D eigenvalue weighted by molar-refractivity contribution is 7.89. The summed E-state index contributed by atoms with van der Waals surface area (Å²) < 4.78 is 33.5. The minimum absolute atomic E-state index is 0.0280. The summed E-state index contributed by atoms with van der Waals surface area (Å²) in [6.07, 6.45) is 5.00. The summed E-state index contributed by atoms with van der Waals surface area (Å²) in [5.74, 6) is 0.233. The van der Waals surface area contributed by atoms with E-state index in [1.54, 1.807) is 6.92 Å². The van der Waals surface area contributed by atoms with Crippen molar-refractivity contribution < 1.29 is 17.9 Å². The van der Waals surface area contributed by atoms with Gasteiger partial charge in [-0.1, -0.05) is 17.7 Å². The molecule has 1 amide bonds. The smallest absolute Gasteiger partial charge is 0.253 e. The van der Waals surface area contributed by atoms with Gasteiger partial charge in [-0.2, -0.15) is 4.31 Å². The molecule has 3 fully saturated rings. The summed E-state index contributed by atoms with van der Waals surface area (Å²) in [6.45, 7) is 5.63. The average Bonchev–Trinajstić information content (AvgIpc) is 3.53. The van der Waals surface area contributed by atoms with E-state index in [9.17, 15) is 13.2 Å². The molecule has 1 aliphatic carbocycles. The number of nitrogens with zero attached hydrogens (tertiary/aromatic N) is 2. The first-order chi connectivity index (χ1) is 13.8. The highest BCUT2D eigenvalue weighted by atomic mass is 32.2. The number of benzene rings is 1. The van der Waals surface area contributed by atoms with E-state index in [1.807, 2.05) is 40.4 Å². The van der Waals surface area contributed by atoms with Crippen LogP contribution in [0.3, 0.4) is 0 Å². The van der Waals surface area contributed by atoms with Gasteiger partial charge < -0.3 is 9.64 Å². The topological polar surface area (TPSA) is 66.9 Å². The molecular weight excluding hydrogens is 388 g/mol. The van der Waals surface area contributed by atoms with Crippen LogP contribution in [0, 0.1) is 6.92 Å². The second-order valence-corrected chi connectivity index (χ2v) is 11.0. The maximum atomic E-state index is 12.9. The van der Waals surface area contributed by atoms with Gasteiger partial charge in [0, 0.05) is 37.3 Å². The molecule has 29 heavy (non-hydrogen) atoms. The maximum Gasteiger partial charge on any atom is 0.253 e. The van der Waals surface area contributed by atoms with Crippen LogP contribution in [-0.2, 0) is 14.8 Å². The summed E-state index contributed by atoms with van der Waals surface area (Å²) in [4.78, 5) is 14.8. The van der Waals surface area contributed by atoms with Crippen LogP contribution in [0.2, 0.25) is 0 Å². The molecule has 2 saturated heterocycles. The number of ether oxygens (including phenoxy) is 1. The molecule has 3 aliphatic rings. The van der Waals surface area contributed by atoms with E-state index >= 15 is 0 Å². The molecule has 0 N–H and O–H groups in total. The summed E-state index contributed by atoms with van der Waals surface area (Å²) in [5, 5.41) is 0. The largest absolute Gasteiger partial charge is 0.375 e. The van der Waals surface area contributed by atoms with Gasteiger partial charge in [-0.3, -0.25) is 4.79 Å². The number of likely N-dealkylation sites (tertiary alicyclic amines) is 1. The fraction of sp³-hybridized carbons (Fsp3) is 0.682. The number of amides is 1. The lowest BCUT2D eigenvalue weighted by atomic mass is 9.82. The lowest BCUT2D eigenvalue weighted by Gasteiger charge is -2.48. The maximum absolute atomic E-state index is 12.9. The van der Waals surface area contributed by atoms with Gasteiger partial charge in [0.1, 0.15) is 0 Å². The van der Waals surface area contributed by atoms with E-state index in [4.69, 9.17) is 4.74 Å². The highest BCUT2D eigenvalue weighted by Crippen LogP contribution is 2.41. The Morgan fingerprint density at radius 2 is 1.93 bits per heavy atom. The molecule has 2 heterocycles. The van der Waals surface area contributed by atoms with Crippen LogP contribution in [-0.4, -0.2) is 66.7 Å². The number of carbonyl (C=O) groups excluding carboxylic acids is 1. The third kappa shape index (κ3) is 4.37. The first-order valence-corrected chi connectivity index (χ1v) is 12.5. The van der Waals surface area contributed by atoms with Crippen molar-refractivity contribution in [1.29, 1.82) is 0 Å². The fourth-order valence-electron chi connectivity index (χ4n) is 4.88. The zero-order valence-electron chi connectivity index (χ0n) is 17.5. The van der Waals surface area contributed by atoms with E-state index in [0.29, 0.717) is 19.7 Å². The molecule has 7 heteroatoms. The van der Waals surface area contributed by atoms with Crippen LogP contribution in [0.4, 0.5) is 0 Å². The first-order valence-electron chi connectivity index (χ1n) is 10.8. The fourth-order valence-corrected chi connectivity index (χ4v) is 6.47. The number of piperidine rings is 1. The second-order valence-electron chi connectivity index (χ2n) is 8.80. The van der Waals surface area contributed by atoms with Gasteiger partial charge in [-0.15, -0.1) is 0 Å². The van der Waals surface area contributed by atoms with Crippen molar-refractivity contribution in [1.82, 2.24) is 9.21 Å². The van der Waals surface area contributed by atoms with E-state index in [0.717, 1.165) is 49.7 Å². The normalized spacial score (nSPS) is 24.8. The number of carbonyl (C=O) groups is 1. The van der Waals surface area contributed by atoms with Gasteiger partial charge in [0.05, 0.1) is 11.4 Å². The molecule has 1 saturated carbocycles. The number of sulfonamides is 1. The Kier molecular flexibility index (Phi) is 5.75. The molecule has 1 aromatic carbocycles.